The Balaban J connectivity index is 2.35. The molecule has 0 saturated carbocycles. The quantitative estimate of drug-likeness (QED) is 0.776. The standard InChI is InChI=1S/C17H10F2N2O2S/c1-24(23)11-3-2-9(8-20)12(6-11)14-7-16(22)17-13(19)4-10(18)5-15(17)21-14/h2-7H,1H3,(H,21,22). The van der Waals surface area contributed by atoms with Gasteiger partial charge in [0.1, 0.15) is 11.6 Å². The van der Waals surface area contributed by atoms with E-state index in [0.29, 0.717) is 16.5 Å². The molecule has 1 atom stereocenters. The Kier molecular flexibility index (Phi) is 3.99. The van der Waals surface area contributed by atoms with E-state index >= 15 is 0 Å². The number of rotatable bonds is 2. The predicted molar refractivity (Wildman–Crippen MR) is 87.0 cm³/mol. The van der Waals surface area contributed by atoms with Gasteiger partial charge in [-0.3, -0.25) is 9.00 Å². The van der Waals surface area contributed by atoms with Gasteiger partial charge in [0.2, 0.25) is 0 Å². The Morgan fingerprint density at radius 3 is 2.58 bits per heavy atom. The second-order valence-electron chi connectivity index (χ2n) is 5.13. The molecule has 0 aliphatic carbocycles. The molecule has 24 heavy (non-hydrogen) atoms. The number of fused-ring (bicyclic) bond motifs is 1. The fourth-order valence-electron chi connectivity index (χ4n) is 2.47. The van der Waals surface area contributed by atoms with Gasteiger partial charge >= 0.3 is 0 Å². The van der Waals surface area contributed by atoms with E-state index in [4.69, 9.17) is 0 Å². The Morgan fingerprint density at radius 2 is 1.92 bits per heavy atom. The number of nitrogens with zero attached hydrogens (tertiary/aromatic N) is 1. The maximum Gasteiger partial charge on any atom is 0.192 e. The van der Waals surface area contributed by atoms with Crippen molar-refractivity contribution in [3.05, 3.63) is 63.8 Å². The summed E-state index contributed by atoms with van der Waals surface area (Å²) in [4.78, 5) is 15.4. The fraction of sp³-hybridized carbons (Fsp3) is 0.0588. The minimum absolute atomic E-state index is 0.0121. The molecule has 120 valence electrons. The normalized spacial score (nSPS) is 12.1. The fourth-order valence-corrected chi connectivity index (χ4v) is 3.02. The number of benzene rings is 2. The molecule has 1 aromatic heterocycles. The van der Waals surface area contributed by atoms with E-state index in [1.54, 1.807) is 6.07 Å². The van der Waals surface area contributed by atoms with E-state index in [-0.39, 0.29) is 22.2 Å². The number of hydrogen-bond acceptors (Lipinski definition) is 3. The van der Waals surface area contributed by atoms with Crippen molar-refractivity contribution in [3.63, 3.8) is 0 Å². The number of H-pyrrole nitrogens is 1. The second-order valence-corrected chi connectivity index (χ2v) is 6.51. The SMILES string of the molecule is CS(=O)c1ccc(C#N)c(-c2cc(=O)c3c(F)cc(F)cc3[nH]2)c1. The molecule has 0 aliphatic rings. The molecule has 1 unspecified atom stereocenters. The topological polar surface area (TPSA) is 73.7 Å². The van der Waals surface area contributed by atoms with Gasteiger partial charge < -0.3 is 4.98 Å². The number of nitrogens with one attached hydrogen (secondary N) is 1. The van der Waals surface area contributed by atoms with Gasteiger partial charge in [-0.1, -0.05) is 0 Å². The third kappa shape index (κ3) is 2.72. The van der Waals surface area contributed by atoms with Crippen molar-refractivity contribution in [1.29, 1.82) is 5.26 Å². The van der Waals surface area contributed by atoms with Gasteiger partial charge in [-0.25, -0.2) is 8.78 Å². The smallest absolute Gasteiger partial charge is 0.192 e. The van der Waals surface area contributed by atoms with Gasteiger partial charge in [0.15, 0.2) is 5.43 Å². The highest BCUT2D eigenvalue weighted by Crippen LogP contribution is 2.25. The zero-order valence-electron chi connectivity index (χ0n) is 12.4. The molecule has 0 radical (unpaired) electrons. The van der Waals surface area contributed by atoms with Crippen LogP contribution in [0.4, 0.5) is 8.78 Å². The molecule has 0 amide bonds. The Morgan fingerprint density at radius 1 is 1.17 bits per heavy atom. The van der Waals surface area contributed by atoms with Crippen LogP contribution in [0, 0.1) is 23.0 Å². The zero-order chi connectivity index (χ0) is 17.4. The molecule has 1 N–H and O–H groups in total. The zero-order valence-corrected chi connectivity index (χ0v) is 13.2. The highest BCUT2D eigenvalue weighted by Gasteiger charge is 2.14. The predicted octanol–water partition coefficient (Wildman–Crippen LogP) is 3.08. The van der Waals surface area contributed by atoms with E-state index in [9.17, 15) is 23.0 Å². The average molecular weight is 344 g/mol. The summed E-state index contributed by atoms with van der Waals surface area (Å²) in [5.41, 5.74) is 0.163. The molecule has 0 aliphatic heterocycles. The van der Waals surface area contributed by atoms with Gasteiger partial charge in [-0.15, -0.1) is 0 Å². The monoisotopic (exact) mass is 344 g/mol. The van der Waals surface area contributed by atoms with Crippen LogP contribution < -0.4 is 5.43 Å². The number of nitriles is 1. The maximum absolute atomic E-state index is 13.8. The first kappa shape index (κ1) is 16.0. The van der Waals surface area contributed by atoms with Crippen LogP contribution in [0.15, 0.2) is 46.1 Å². The molecule has 1 heterocycles. The van der Waals surface area contributed by atoms with Gasteiger partial charge in [-0.05, 0) is 24.3 Å². The summed E-state index contributed by atoms with van der Waals surface area (Å²) >= 11 is 0. The average Bonchev–Trinajstić information content (AvgIpc) is 2.52. The number of hydrogen-bond donors (Lipinski definition) is 1. The highest BCUT2D eigenvalue weighted by molar-refractivity contribution is 7.84. The van der Waals surface area contributed by atoms with Crippen molar-refractivity contribution < 1.29 is 13.0 Å². The third-order valence-corrected chi connectivity index (χ3v) is 4.50. The molecule has 0 spiro atoms. The lowest BCUT2D eigenvalue weighted by Crippen LogP contribution is -2.06. The molecule has 3 aromatic rings. The minimum Gasteiger partial charge on any atom is -0.354 e. The first-order valence-corrected chi connectivity index (χ1v) is 8.36. The number of halogens is 2. The lowest BCUT2D eigenvalue weighted by atomic mass is 10.0. The highest BCUT2D eigenvalue weighted by atomic mass is 32.2. The van der Waals surface area contributed by atoms with Gasteiger partial charge in [-0.2, -0.15) is 5.26 Å². The van der Waals surface area contributed by atoms with Gasteiger partial charge in [0, 0.05) is 39.6 Å². The van der Waals surface area contributed by atoms with Crippen LogP contribution in [0.5, 0.6) is 0 Å². The Labute approximate surface area is 137 Å². The van der Waals surface area contributed by atoms with Crippen molar-refractivity contribution in [3.8, 4) is 17.3 Å². The van der Waals surface area contributed by atoms with Gasteiger partial charge in [0.05, 0.1) is 28.2 Å². The van der Waals surface area contributed by atoms with Crippen molar-refractivity contribution in [2.45, 2.75) is 4.90 Å². The number of aromatic amines is 1. The lowest BCUT2D eigenvalue weighted by Gasteiger charge is -2.09. The van der Waals surface area contributed by atoms with Crippen molar-refractivity contribution in [2.24, 2.45) is 0 Å². The van der Waals surface area contributed by atoms with E-state index in [0.717, 1.165) is 12.1 Å². The first-order valence-electron chi connectivity index (χ1n) is 6.80. The molecule has 0 bridgehead atoms. The van der Waals surface area contributed by atoms with Crippen molar-refractivity contribution in [2.75, 3.05) is 6.26 Å². The molecule has 3 rings (SSSR count). The Bertz CT molecular complexity index is 1100. The van der Waals surface area contributed by atoms with E-state index in [2.05, 4.69) is 4.98 Å². The van der Waals surface area contributed by atoms with E-state index in [1.165, 1.54) is 18.4 Å². The number of pyridine rings is 1. The van der Waals surface area contributed by atoms with Crippen LogP contribution in [0.1, 0.15) is 5.56 Å². The van der Waals surface area contributed by atoms with Crippen LogP contribution in [0.2, 0.25) is 0 Å². The summed E-state index contributed by atoms with van der Waals surface area (Å²) < 4.78 is 38.9. The third-order valence-electron chi connectivity index (χ3n) is 3.58. The second kappa shape index (κ2) is 5.98. The molecular weight excluding hydrogens is 334 g/mol. The summed E-state index contributed by atoms with van der Waals surface area (Å²) in [5, 5.41) is 8.99. The summed E-state index contributed by atoms with van der Waals surface area (Å²) in [7, 11) is -1.28. The van der Waals surface area contributed by atoms with Crippen LogP contribution >= 0.6 is 0 Å². The largest absolute Gasteiger partial charge is 0.354 e. The molecule has 7 heteroatoms. The molecule has 0 saturated heterocycles. The summed E-state index contributed by atoms with van der Waals surface area (Å²) in [6, 6.07) is 9.33. The van der Waals surface area contributed by atoms with Crippen molar-refractivity contribution in [1.82, 2.24) is 4.98 Å². The Hall–Kier alpha value is -2.85. The number of aromatic nitrogens is 1. The molecule has 0 fully saturated rings. The summed E-state index contributed by atoms with van der Waals surface area (Å²) in [5.74, 6) is -1.78. The van der Waals surface area contributed by atoms with Crippen LogP contribution in [-0.2, 0) is 10.8 Å². The molecular formula is C17H10F2N2O2S. The van der Waals surface area contributed by atoms with E-state index < -0.39 is 27.9 Å². The summed E-state index contributed by atoms with van der Waals surface area (Å²) in [6.45, 7) is 0. The van der Waals surface area contributed by atoms with E-state index in [1.807, 2.05) is 6.07 Å². The van der Waals surface area contributed by atoms with Crippen LogP contribution in [-0.4, -0.2) is 15.4 Å². The van der Waals surface area contributed by atoms with Crippen molar-refractivity contribution >= 4 is 21.7 Å². The molecule has 2 aromatic carbocycles. The summed E-state index contributed by atoms with van der Waals surface area (Å²) in [6.07, 6.45) is 1.49. The maximum atomic E-state index is 13.8. The van der Waals surface area contributed by atoms with Crippen LogP contribution in [0.25, 0.3) is 22.2 Å². The lowest BCUT2D eigenvalue weighted by molar-refractivity contribution is 0.591. The van der Waals surface area contributed by atoms with Gasteiger partial charge in [0.25, 0.3) is 0 Å². The first-order chi connectivity index (χ1) is 11.4. The van der Waals surface area contributed by atoms with Crippen LogP contribution in [0.3, 0.4) is 0 Å². The minimum atomic E-state index is -1.28. The molecule has 4 nitrogen and oxygen atoms in total.